The molecule has 0 aromatic carbocycles. The lowest BCUT2D eigenvalue weighted by molar-refractivity contribution is -0.120. The monoisotopic (exact) mass is 241 g/mol. The Morgan fingerprint density at radius 3 is 3.12 bits per heavy atom. The molecule has 96 valence electrons. The highest BCUT2D eigenvalue weighted by Crippen LogP contribution is 1.93. The lowest BCUT2D eigenvalue weighted by atomic mass is 10.4. The average molecular weight is 241 g/mol. The smallest absolute Gasteiger partial charge is 0.233 e. The van der Waals surface area contributed by atoms with Crippen LogP contribution in [0, 0.1) is 0 Å². The standard InChI is InChI=1S/C10H19N5O2/c1-2-12-10(17)7-11-6-9-8-15(14-13-9)4-3-5-16/h8,11,16H,2-7H2,1H3,(H,12,17). The molecule has 7 nitrogen and oxygen atoms in total. The van der Waals surface area contributed by atoms with Crippen LogP contribution in [0.1, 0.15) is 19.0 Å². The minimum Gasteiger partial charge on any atom is -0.396 e. The van der Waals surface area contributed by atoms with Crippen LogP contribution < -0.4 is 10.6 Å². The Kier molecular flexibility index (Phi) is 6.19. The molecule has 0 saturated carbocycles. The molecule has 0 fully saturated rings. The van der Waals surface area contributed by atoms with Gasteiger partial charge in [0.15, 0.2) is 0 Å². The zero-order chi connectivity index (χ0) is 12.5. The van der Waals surface area contributed by atoms with Crippen LogP contribution in [0.2, 0.25) is 0 Å². The van der Waals surface area contributed by atoms with Gasteiger partial charge >= 0.3 is 0 Å². The molecule has 1 aromatic rings. The van der Waals surface area contributed by atoms with Gasteiger partial charge in [-0.25, -0.2) is 0 Å². The van der Waals surface area contributed by atoms with Crippen molar-refractivity contribution in [3.63, 3.8) is 0 Å². The third-order valence-electron chi connectivity index (χ3n) is 2.10. The molecule has 0 aliphatic rings. The number of hydrogen-bond donors (Lipinski definition) is 3. The number of nitrogens with one attached hydrogen (secondary N) is 2. The first kappa shape index (κ1) is 13.6. The summed E-state index contributed by atoms with van der Waals surface area (Å²) >= 11 is 0. The van der Waals surface area contributed by atoms with Crippen LogP contribution in [0.25, 0.3) is 0 Å². The van der Waals surface area contributed by atoms with Gasteiger partial charge < -0.3 is 15.7 Å². The maximum atomic E-state index is 11.1. The number of likely N-dealkylation sites (N-methyl/N-ethyl adjacent to an activating group) is 1. The van der Waals surface area contributed by atoms with Crippen molar-refractivity contribution in [3.8, 4) is 0 Å². The van der Waals surface area contributed by atoms with Crippen LogP contribution in [-0.4, -0.2) is 45.7 Å². The number of amides is 1. The predicted molar refractivity (Wildman–Crippen MR) is 62.1 cm³/mol. The van der Waals surface area contributed by atoms with Crippen molar-refractivity contribution in [2.45, 2.75) is 26.4 Å². The zero-order valence-electron chi connectivity index (χ0n) is 10.0. The van der Waals surface area contributed by atoms with Crippen LogP contribution in [0.3, 0.4) is 0 Å². The molecule has 1 rings (SSSR count). The number of rotatable bonds is 8. The van der Waals surface area contributed by atoms with Gasteiger partial charge in [-0.05, 0) is 13.3 Å². The fraction of sp³-hybridized carbons (Fsp3) is 0.700. The summed E-state index contributed by atoms with van der Waals surface area (Å²) in [5, 5.41) is 22.2. The molecule has 0 aliphatic carbocycles. The Bertz CT molecular complexity index is 339. The molecule has 1 aromatic heterocycles. The van der Waals surface area contributed by atoms with E-state index in [-0.39, 0.29) is 19.1 Å². The van der Waals surface area contributed by atoms with E-state index in [1.807, 2.05) is 6.92 Å². The average Bonchev–Trinajstić information content (AvgIpc) is 2.75. The van der Waals surface area contributed by atoms with Crippen molar-refractivity contribution in [1.82, 2.24) is 25.6 Å². The molecule has 0 unspecified atom stereocenters. The maximum Gasteiger partial charge on any atom is 0.233 e. The highest BCUT2D eigenvalue weighted by Gasteiger charge is 2.02. The van der Waals surface area contributed by atoms with Crippen molar-refractivity contribution in [2.75, 3.05) is 19.7 Å². The summed E-state index contributed by atoms with van der Waals surface area (Å²) < 4.78 is 1.68. The van der Waals surface area contributed by atoms with Crippen LogP contribution >= 0.6 is 0 Å². The Balaban J connectivity index is 2.22. The molecule has 0 bridgehead atoms. The van der Waals surface area contributed by atoms with Crippen molar-refractivity contribution in [3.05, 3.63) is 11.9 Å². The van der Waals surface area contributed by atoms with Gasteiger partial charge in [-0.3, -0.25) is 9.48 Å². The Morgan fingerprint density at radius 1 is 1.59 bits per heavy atom. The molecule has 17 heavy (non-hydrogen) atoms. The quantitative estimate of drug-likeness (QED) is 0.536. The van der Waals surface area contributed by atoms with Crippen molar-refractivity contribution in [1.29, 1.82) is 0 Å². The van der Waals surface area contributed by atoms with Crippen LogP contribution in [0.4, 0.5) is 0 Å². The Hall–Kier alpha value is -1.47. The van der Waals surface area contributed by atoms with Crippen molar-refractivity contribution >= 4 is 5.91 Å². The van der Waals surface area contributed by atoms with Gasteiger partial charge in [0.25, 0.3) is 0 Å². The van der Waals surface area contributed by atoms with Crippen LogP contribution in [0.15, 0.2) is 6.20 Å². The van der Waals surface area contributed by atoms with Gasteiger partial charge in [-0.1, -0.05) is 5.21 Å². The van der Waals surface area contributed by atoms with E-state index >= 15 is 0 Å². The van der Waals surface area contributed by atoms with E-state index < -0.39 is 0 Å². The summed E-state index contributed by atoms with van der Waals surface area (Å²) in [5.74, 6) is -0.0276. The fourth-order valence-electron chi connectivity index (χ4n) is 1.33. The first-order chi connectivity index (χ1) is 8.26. The first-order valence-electron chi connectivity index (χ1n) is 5.73. The summed E-state index contributed by atoms with van der Waals surface area (Å²) in [6, 6.07) is 0. The third-order valence-corrected chi connectivity index (χ3v) is 2.10. The summed E-state index contributed by atoms with van der Waals surface area (Å²) in [6.07, 6.45) is 2.47. The number of carbonyl (C=O) groups excluding carboxylic acids is 1. The summed E-state index contributed by atoms with van der Waals surface area (Å²) in [7, 11) is 0. The summed E-state index contributed by atoms with van der Waals surface area (Å²) in [6.45, 7) is 4.10. The van der Waals surface area contributed by atoms with E-state index in [0.29, 0.717) is 26.1 Å². The number of aryl methyl sites for hydroxylation is 1. The normalized spacial score (nSPS) is 10.5. The zero-order valence-corrected chi connectivity index (χ0v) is 10.0. The molecular weight excluding hydrogens is 222 g/mol. The topological polar surface area (TPSA) is 92.1 Å². The highest BCUT2D eigenvalue weighted by molar-refractivity contribution is 5.77. The molecule has 0 atom stereocenters. The van der Waals surface area contributed by atoms with E-state index in [2.05, 4.69) is 20.9 Å². The second-order valence-corrected chi connectivity index (χ2v) is 3.61. The molecule has 0 radical (unpaired) electrons. The SMILES string of the molecule is CCNC(=O)CNCc1cn(CCCO)nn1. The van der Waals surface area contributed by atoms with Crippen molar-refractivity contribution < 1.29 is 9.90 Å². The summed E-state index contributed by atoms with van der Waals surface area (Å²) in [5.41, 5.74) is 0.784. The van der Waals surface area contributed by atoms with E-state index in [0.717, 1.165) is 5.69 Å². The molecule has 7 heteroatoms. The third kappa shape index (κ3) is 5.41. The summed E-state index contributed by atoms with van der Waals surface area (Å²) in [4.78, 5) is 11.1. The number of aromatic nitrogens is 3. The van der Waals surface area contributed by atoms with Crippen molar-refractivity contribution in [2.24, 2.45) is 0 Å². The van der Waals surface area contributed by atoms with Gasteiger partial charge in [0.1, 0.15) is 0 Å². The second kappa shape index (κ2) is 7.75. The molecule has 1 heterocycles. The number of aliphatic hydroxyl groups is 1. The van der Waals surface area contributed by atoms with E-state index in [1.165, 1.54) is 0 Å². The molecule has 0 saturated heterocycles. The van der Waals surface area contributed by atoms with Crippen LogP contribution in [-0.2, 0) is 17.9 Å². The number of hydrogen-bond acceptors (Lipinski definition) is 5. The maximum absolute atomic E-state index is 11.1. The second-order valence-electron chi connectivity index (χ2n) is 3.61. The molecular formula is C10H19N5O2. The van der Waals surface area contributed by atoms with Gasteiger partial charge in [0.2, 0.25) is 5.91 Å². The van der Waals surface area contributed by atoms with Crippen LogP contribution in [0.5, 0.6) is 0 Å². The molecule has 1 amide bonds. The first-order valence-corrected chi connectivity index (χ1v) is 5.73. The number of carbonyl (C=O) groups is 1. The van der Waals surface area contributed by atoms with Gasteiger partial charge in [-0.15, -0.1) is 5.10 Å². The van der Waals surface area contributed by atoms with Gasteiger partial charge in [0.05, 0.1) is 12.2 Å². The number of nitrogens with zero attached hydrogens (tertiary/aromatic N) is 3. The fourth-order valence-corrected chi connectivity index (χ4v) is 1.33. The Morgan fingerprint density at radius 2 is 2.41 bits per heavy atom. The number of aliphatic hydroxyl groups excluding tert-OH is 1. The lowest BCUT2D eigenvalue weighted by Crippen LogP contribution is -2.33. The largest absolute Gasteiger partial charge is 0.396 e. The minimum absolute atomic E-state index is 0.0276. The van der Waals surface area contributed by atoms with E-state index in [9.17, 15) is 4.79 Å². The predicted octanol–water partition coefficient (Wildman–Crippen LogP) is -1.11. The van der Waals surface area contributed by atoms with Gasteiger partial charge in [0, 0.05) is 32.4 Å². The van der Waals surface area contributed by atoms with E-state index in [4.69, 9.17) is 5.11 Å². The van der Waals surface area contributed by atoms with Gasteiger partial charge in [-0.2, -0.15) is 0 Å². The molecule has 0 aliphatic heterocycles. The van der Waals surface area contributed by atoms with E-state index in [1.54, 1.807) is 10.9 Å². The molecule has 0 spiro atoms. The highest BCUT2D eigenvalue weighted by atomic mass is 16.3. The minimum atomic E-state index is -0.0276. The lowest BCUT2D eigenvalue weighted by Gasteiger charge is -2.02. The molecule has 3 N–H and O–H groups in total. The Labute approximate surface area is 100 Å².